The van der Waals surface area contributed by atoms with Crippen molar-refractivity contribution in [1.29, 1.82) is 0 Å². The third-order valence-corrected chi connectivity index (χ3v) is 3.04. The second-order valence-corrected chi connectivity index (χ2v) is 4.71. The molecule has 0 radical (unpaired) electrons. The molecular formula is C11H25NS. The highest BCUT2D eigenvalue weighted by Crippen LogP contribution is 2.07. The highest BCUT2D eigenvalue weighted by molar-refractivity contribution is 7.98. The first-order valence-corrected chi connectivity index (χ1v) is 6.88. The van der Waals surface area contributed by atoms with Gasteiger partial charge in [0.25, 0.3) is 0 Å². The Morgan fingerprint density at radius 3 is 2.08 bits per heavy atom. The van der Waals surface area contributed by atoms with Gasteiger partial charge in [-0.05, 0) is 26.0 Å². The normalized spacial score (nSPS) is 13.6. The molecular weight excluding hydrogens is 178 g/mol. The van der Waals surface area contributed by atoms with E-state index >= 15 is 0 Å². The van der Waals surface area contributed by atoms with Crippen LogP contribution in [0.5, 0.6) is 0 Å². The molecule has 0 saturated carbocycles. The second kappa shape index (κ2) is 8.89. The molecule has 0 fully saturated rings. The molecule has 1 atom stereocenters. The van der Waals surface area contributed by atoms with E-state index < -0.39 is 0 Å². The van der Waals surface area contributed by atoms with Crippen LogP contribution in [0.1, 0.15) is 46.5 Å². The zero-order valence-corrected chi connectivity index (χ0v) is 10.4. The largest absolute Gasteiger partial charge is 0.311 e. The van der Waals surface area contributed by atoms with Crippen molar-refractivity contribution < 1.29 is 0 Å². The van der Waals surface area contributed by atoms with Crippen LogP contribution in [0.25, 0.3) is 0 Å². The quantitative estimate of drug-likeness (QED) is 0.649. The van der Waals surface area contributed by atoms with Crippen molar-refractivity contribution >= 4 is 11.8 Å². The minimum absolute atomic E-state index is 0.665. The SMILES string of the molecule is CCCC(CCC)NC(C)CSC. The molecule has 0 amide bonds. The average Bonchev–Trinajstić information content (AvgIpc) is 2.05. The predicted molar refractivity (Wildman–Crippen MR) is 64.6 cm³/mol. The lowest BCUT2D eigenvalue weighted by molar-refractivity contribution is 0.412. The standard InChI is InChI=1S/C11H25NS/c1-5-7-11(8-6-2)12-10(3)9-13-4/h10-12H,5-9H2,1-4H3. The lowest BCUT2D eigenvalue weighted by atomic mass is 10.1. The van der Waals surface area contributed by atoms with Crippen molar-refractivity contribution in [2.45, 2.75) is 58.5 Å². The topological polar surface area (TPSA) is 12.0 Å². The Morgan fingerprint density at radius 1 is 1.15 bits per heavy atom. The van der Waals surface area contributed by atoms with Gasteiger partial charge in [0, 0.05) is 17.8 Å². The summed E-state index contributed by atoms with van der Waals surface area (Å²) in [6.07, 6.45) is 7.42. The smallest absolute Gasteiger partial charge is 0.0132 e. The molecule has 0 aliphatic rings. The zero-order valence-electron chi connectivity index (χ0n) is 9.60. The number of nitrogens with one attached hydrogen (secondary N) is 1. The van der Waals surface area contributed by atoms with E-state index in [0.717, 1.165) is 6.04 Å². The van der Waals surface area contributed by atoms with E-state index in [4.69, 9.17) is 0 Å². The predicted octanol–water partition coefficient (Wildman–Crippen LogP) is 3.30. The molecule has 1 nitrogen and oxygen atoms in total. The molecule has 1 unspecified atom stereocenters. The van der Waals surface area contributed by atoms with Gasteiger partial charge in [0.05, 0.1) is 0 Å². The fourth-order valence-electron chi connectivity index (χ4n) is 1.71. The molecule has 0 rings (SSSR count). The Hall–Kier alpha value is 0.310. The summed E-state index contributed by atoms with van der Waals surface area (Å²) in [6.45, 7) is 6.82. The summed E-state index contributed by atoms with van der Waals surface area (Å²) < 4.78 is 0. The molecule has 0 spiro atoms. The van der Waals surface area contributed by atoms with E-state index in [2.05, 4.69) is 32.3 Å². The van der Waals surface area contributed by atoms with Gasteiger partial charge in [-0.3, -0.25) is 0 Å². The zero-order chi connectivity index (χ0) is 10.1. The van der Waals surface area contributed by atoms with Crippen molar-refractivity contribution in [1.82, 2.24) is 5.32 Å². The minimum atomic E-state index is 0.665. The lowest BCUT2D eigenvalue weighted by Gasteiger charge is -2.22. The van der Waals surface area contributed by atoms with Crippen LogP contribution >= 0.6 is 11.8 Å². The van der Waals surface area contributed by atoms with Crippen LogP contribution in [0, 0.1) is 0 Å². The first-order valence-electron chi connectivity index (χ1n) is 5.49. The summed E-state index contributed by atoms with van der Waals surface area (Å²) in [7, 11) is 0. The summed E-state index contributed by atoms with van der Waals surface area (Å²) in [5.41, 5.74) is 0. The maximum Gasteiger partial charge on any atom is 0.0132 e. The fourth-order valence-corrected chi connectivity index (χ4v) is 2.30. The van der Waals surface area contributed by atoms with Gasteiger partial charge < -0.3 is 5.32 Å². The van der Waals surface area contributed by atoms with Crippen LogP contribution in [-0.2, 0) is 0 Å². The van der Waals surface area contributed by atoms with Crippen LogP contribution in [0.3, 0.4) is 0 Å². The van der Waals surface area contributed by atoms with Gasteiger partial charge in [0.15, 0.2) is 0 Å². The van der Waals surface area contributed by atoms with E-state index in [9.17, 15) is 0 Å². The number of hydrogen-bond donors (Lipinski definition) is 1. The van der Waals surface area contributed by atoms with Crippen molar-refractivity contribution in [2.75, 3.05) is 12.0 Å². The average molecular weight is 203 g/mol. The van der Waals surface area contributed by atoms with Crippen LogP contribution in [-0.4, -0.2) is 24.1 Å². The van der Waals surface area contributed by atoms with Crippen molar-refractivity contribution in [3.8, 4) is 0 Å². The maximum atomic E-state index is 3.70. The highest BCUT2D eigenvalue weighted by Gasteiger charge is 2.09. The maximum absolute atomic E-state index is 3.70. The van der Waals surface area contributed by atoms with Gasteiger partial charge in [0.2, 0.25) is 0 Å². The Morgan fingerprint density at radius 2 is 1.69 bits per heavy atom. The van der Waals surface area contributed by atoms with Gasteiger partial charge >= 0.3 is 0 Å². The van der Waals surface area contributed by atoms with Gasteiger partial charge in [-0.25, -0.2) is 0 Å². The molecule has 0 heterocycles. The molecule has 80 valence electrons. The Kier molecular flexibility index (Phi) is 9.10. The molecule has 1 N–H and O–H groups in total. The van der Waals surface area contributed by atoms with Crippen LogP contribution < -0.4 is 5.32 Å². The Bertz CT molecular complexity index is 100. The molecule has 2 heteroatoms. The summed E-state index contributed by atoms with van der Waals surface area (Å²) in [5.74, 6) is 1.23. The summed E-state index contributed by atoms with van der Waals surface area (Å²) in [4.78, 5) is 0. The van der Waals surface area contributed by atoms with Crippen molar-refractivity contribution in [2.24, 2.45) is 0 Å². The molecule has 0 saturated heterocycles. The van der Waals surface area contributed by atoms with E-state index in [1.54, 1.807) is 0 Å². The molecule has 0 aliphatic heterocycles. The minimum Gasteiger partial charge on any atom is -0.311 e. The fraction of sp³-hybridized carbons (Fsp3) is 1.00. The van der Waals surface area contributed by atoms with Crippen molar-refractivity contribution in [3.05, 3.63) is 0 Å². The van der Waals surface area contributed by atoms with Gasteiger partial charge in [0.1, 0.15) is 0 Å². The Balaban J connectivity index is 3.64. The summed E-state index contributed by atoms with van der Waals surface area (Å²) in [6, 6.07) is 1.41. The van der Waals surface area contributed by atoms with E-state index in [1.807, 2.05) is 11.8 Å². The number of hydrogen-bond acceptors (Lipinski definition) is 2. The van der Waals surface area contributed by atoms with Crippen molar-refractivity contribution in [3.63, 3.8) is 0 Å². The first-order chi connectivity index (χ1) is 6.24. The highest BCUT2D eigenvalue weighted by atomic mass is 32.2. The van der Waals surface area contributed by atoms with Crippen LogP contribution in [0.15, 0.2) is 0 Å². The van der Waals surface area contributed by atoms with Crippen LogP contribution in [0.2, 0.25) is 0 Å². The number of thioether (sulfide) groups is 1. The number of rotatable bonds is 8. The summed E-state index contributed by atoms with van der Waals surface area (Å²) >= 11 is 1.93. The third-order valence-electron chi connectivity index (χ3n) is 2.21. The monoisotopic (exact) mass is 203 g/mol. The summed E-state index contributed by atoms with van der Waals surface area (Å²) in [5, 5.41) is 3.70. The molecule has 0 aliphatic carbocycles. The molecule has 0 aromatic carbocycles. The molecule has 0 bridgehead atoms. The lowest BCUT2D eigenvalue weighted by Crippen LogP contribution is -2.37. The second-order valence-electron chi connectivity index (χ2n) is 3.80. The van der Waals surface area contributed by atoms with Gasteiger partial charge in [-0.15, -0.1) is 0 Å². The van der Waals surface area contributed by atoms with E-state index in [-0.39, 0.29) is 0 Å². The Labute approximate surface area is 88.1 Å². The molecule has 0 aromatic heterocycles. The molecule has 13 heavy (non-hydrogen) atoms. The molecule has 0 aromatic rings. The van der Waals surface area contributed by atoms with Gasteiger partial charge in [-0.1, -0.05) is 26.7 Å². The van der Waals surface area contributed by atoms with E-state index in [0.29, 0.717) is 6.04 Å². The van der Waals surface area contributed by atoms with E-state index in [1.165, 1.54) is 31.4 Å². The van der Waals surface area contributed by atoms with Crippen LogP contribution in [0.4, 0.5) is 0 Å². The first kappa shape index (κ1) is 13.3. The third kappa shape index (κ3) is 7.39. The van der Waals surface area contributed by atoms with Gasteiger partial charge in [-0.2, -0.15) is 11.8 Å².